The van der Waals surface area contributed by atoms with Crippen LogP contribution in [0.25, 0.3) is 0 Å². The third kappa shape index (κ3) is 10.8. The molecule has 3 rings (SSSR count). The van der Waals surface area contributed by atoms with Crippen molar-refractivity contribution >= 4 is 23.2 Å². The SMILES string of the molecule is Cc1cc2c(cc1OC(=O)Nc1cc([N+](=O)[O-])cc([N+](=O)[O-])c1)CCC(C)(CCCC(C)CCCC(C)CCCC(C)C)O2. The third-order valence-corrected chi connectivity index (χ3v) is 8.69. The van der Waals surface area contributed by atoms with Crippen molar-refractivity contribution in [3.05, 3.63) is 61.7 Å². The van der Waals surface area contributed by atoms with Gasteiger partial charge in [0.1, 0.15) is 17.1 Å². The zero-order valence-corrected chi connectivity index (χ0v) is 27.1. The molecule has 3 atom stereocenters. The highest BCUT2D eigenvalue weighted by Crippen LogP contribution is 2.40. The molecule has 1 N–H and O–H groups in total. The first-order valence-corrected chi connectivity index (χ1v) is 16.0. The molecule has 0 aliphatic carbocycles. The molecule has 2 aromatic rings. The summed E-state index contributed by atoms with van der Waals surface area (Å²) in [5, 5.41) is 24.7. The Bertz CT molecular complexity index is 1280. The van der Waals surface area contributed by atoms with Crippen LogP contribution in [0.2, 0.25) is 0 Å². The summed E-state index contributed by atoms with van der Waals surface area (Å²) < 4.78 is 12.0. The van der Waals surface area contributed by atoms with Crippen LogP contribution in [0.5, 0.6) is 11.5 Å². The van der Waals surface area contributed by atoms with E-state index in [1.165, 1.54) is 44.9 Å². The molecule has 0 saturated carbocycles. The van der Waals surface area contributed by atoms with Crippen LogP contribution in [0.4, 0.5) is 21.9 Å². The van der Waals surface area contributed by atoms with E-state index >= 15 is 0 Å². The van der Waals surface area contributed by atoms with Crippen LogP contribution in [0, 0.1) is 44.9 Å². The molecule has 44 heavy (non-hydrogen) atoms. The number of nitro benzene ring substituents is 2. The second-order valence-corrected chi connectivity index (χ2v) is 13.4. The highest BCUT2D eigenvalue weighted by atomic mass is 16.6. The Morgan fingerprint density at radius 2 is 1.48 bits per heavy atom. The minimum Gasteiger partial charge on any atom is -0.487 e. The quantitative estimate of drug-likeness (QED) is 0.147. The fraction of sp³-hybridized carbons (Fsp3) is 0.618. The van der Waals surface area contributed by atoms with Crippen LogP contribution in [0.3, 0.4) is 0 Å². The molecular weight excluding hydrogens is 562 g/mol. The molecule has 1 amide bonds. The van der Waals surface area contributed by atoms with E-state index in [1.54, 1.807) is 6.07 Å². The van der Waals surface area contributed by atoms with Gasteiger partial charge in [0.25, 0.3) is 11.4 Å². The van der Waals surface area contributed by atoms with Gasteiger partial charge in [0.05, 0.1) is 21.6 Å². The predicted molar refractivity (Wildman–Crippen MR) is 173 cm³/mol. The van der Waals surface area contributed by atoms with Crippen LogP contribution < -0.4 is 14.8 Å². The van der Waals surface area contributed by atoms with Gasteiger partial charge in [-0.1, -0.05) is 72.6 Å². The van der Waals surface area contributed by atoms with E-state index in [4.69, 9.17) is 9.47 Å². The lowest BCUT2D eigenvalue weighted by Crippen LogP contribution is -2.36. The lowest BCUT2D eigenvalue weighted by atomic mass is 9.86. The summed E-state index contributed by atoms with van der Waals surface area (Å²) in [5.41, 5.74) is 0.267. The van der Waals surface area contributed by atoms with E-state index in [0.717, 1.165) is 67.0 Å². The van der Waals surface area contributed by atoms with E-state index < -0.39 is 27.3 Å². The van der Waals surface area contributed by atoms with Gasteiger partial charge in [0, 0.05) is 12.1 Å². The molecule has 242 valence electrons. The largest absolute Gasteiger partial charge is 0.487 e. The average molecular weight is 612 g/mol. The number of benzene rings is 2. The molecule has 0 saturated heterocycles. The molecule has 0 spiro atoms. The number of non-ortho nitro benzene ring substituents is 2. The normalized spacial score (nSPS) is 17.3. The maximum absolute atomic E-state index is 12.6. The van der Waals surface area contributed by atoms with Gasteiger partial charge in [-0.25, -0.2) is 4.79 Å². The number of nitrogens with zero attached hydrogens (tertiary/aromatic N) is 2. The van der Waals surface area contributed by atoms with E-state index in [1.807, 2.05) is 13.0 Å². The molecule has 10 heteroatoms. The first-order chi connectivity index (χ1) is 20.7. The summed E-state index contributed by atoms with van der Waals surface area (Å²) in [6, 6.07) is 6.57. The summed E-state index contributed by atoms with van der Waals surface area (Å²) in [6.45, 7) is 13.3. The second kappa shape index (κ2) is 15.9. The summed E-state index contributed by atoms with van der Waals surface area (Å²) >= 11 is 0. The molecular formula is C34H49N3O7. The molecule has 1 aliphatic heterocycles. The van der Waals surface area contributed by atoms with Gasteiger partial charge in [-0.05, 0) is 80.5 Å². The van der Waals surface area contributed by atoms with Gasteiger partial charge >= 0.3 is 6.09 Å². The predicted octanol–water partition coefficient (Wildman–Crippen LogP) is 9.95. The minimum atomic E-state index is -0.904. The lowest BCUT2D eigenvalue weighted by Gasteiger charge is -2.36. The van der Waals surface area contributed by atoms with E-state index in [2.05, 4.69) is 39.9 Å². The summed E-state index contributed by atoms with van der Waals surface area (Å²) in [4.78, 5) is 33.4. The molecule has 1 heterocycles. The second-order valence-electron chi connectivity index (χ2n) is 13.4. The van der Waals surface area contributed by atoms with Crippen molar-refractivity contribution < 1.29 is 24.1 Å². The van der Waals surface area contributed by atoms with Crippen LogP contribution >= 0.6 is 0 Å². The van der Waals surface area contributed by atoms with Gasteiger partial charge in [0.15, 0.2) is 0 Å². The number of anilines is 1. The molecule has 0 radical (unpaired) electrons. The zero-order valence-electron chi connectivity index (χ0n) is 27.1. The van der Waals surface area contributed by atoms with Crippen molar-refractivity contribution in [2.24, 2.45) is 17.8 Å². The Hall–Kier alpha value is -3.69. The van der Waals surface area contributed by atoms with E-state index in [9.17, 15) is 25.0 Å². The average Bonchev–Trinajstić information content (AvgIpc) is 2.93. The van der Waals surface area contributed by atoms with Gasteiger partial charge in [-0.3, -0.25) is 25.5 Å². The van der Waals surface area contributed by atoms with Crippen molar-refractivity contribution in [3.8, 4) is 11.5 Å². The monoisotopic (exact) mass is 611 g/mol. The van der Waals surface area contributed by atoms with Crippen LogP contribution in [-0.4, -0.2) is 21.5 Å². The van der Waals surface area contributed by atoms with Crippen LogP contribution in [0.15, 0.2) is 30.3 Å². The number of carbonyl (C=O) groups excluding carboxylic acids is 1. The van der Waals surface area contributed by atoms with E-state index in [-0.39, 0.29) is 11.3 Å². The molecule has 10 nitrogen and oxygen atoms in total. The number of nitrogens with one attached hydrogen (secondary N) is 1. The zero-order chi connectivity index (χ0) is 32.4. The Morgan fingerprint density at radius 1 is 0.909 bits per heavy atom. The van der Waals surface area contributed by atoms with Gasteiger partial charge in [0.2, 0.25) is 0 Å². The van der Waals surface area contributed by atoms with Crippen molar-refractivity contribution in [3.63, 3.8) is 0 Å². The van der Waals surface area contributed by atoms with Crippen molar-refractivity contribution in [2.75, 3.05) is 5.32 Å². The van der Waals surface area contributed by atoms with Gasteiger partial charge < -0.3 is 9.47 Å². The molecule has 3 unspecified atom stereocenters. The Balaban J connectivity index is 1.49. The molecule has 2 aromatic carbocycles. The van der Waals surface area contributed by atoms with Crippen molar-refractivity contribution in [1.29, 1.82) is 0 Å². The minimum absolute atomic E-state index is 0.105. The molecule has 0 aromatic heterocycles. The number of hydrogen-bond acceptors (Lipinski definition) is 7. The van der Waals surface area contributed by atoms with Gasteiger partial charge in [-0.2, -0.15) is 0 Å². The summed E-state index contributed by atoms with van der Waals surface area (Å²) in [7, 11) is 0. The van der Waals surface area contributed by atoms with Crippen LogP contribution in [0.1, 0.15) is 110 Å². The van der Waals surface area contributed by atoms with E-state index in [0.29, 0.717) is 17.2 Å². The number of amides is 1. The van der Waals surface area contributed by atoms with Crippen LogP contribution in [-0.2, 0) is 6.42 Å². The number of nitro groups is 2. The summed E-state index contributed by atoms with van der Waals surface area (Å²) in [5.74, 6) is 3.44. The number of rotatable bonds is 16. The van der Waals surface area contributed by atoms with Crippen molar-refractivity contribution in [2.45, 2.75) is 118 Å². The van der Waals surface area contributed by atoms with Crippen molar-refractivity contribution in [1.82, 2.24) is 0 Å². The maximum Gasteiger partial charge on any atom is 0.417 e. The Labute approximate surface area is 261 Å². The highest BCUT2D eigenvalue weighted by molar-refractivity contribution is 5.87. The molecule has 0 fully saturated rings. The highest BCUT2D eigenvalue weighted by Gasteiger charge is 2.32. The first kappa shape index (κ1) is 34.8. The standard InChI is InChI=1S/C34H49N3O7/c1-23(2)10-7-11-24(3)12-8-13-25(4)14-9-16-34(6)17-15-27-19-31(26(5)18-32(27)44-34)43-33(38)35-28-20-29(36(39)40)22-30(21-28)37(41)42/h18-25H,7-17H2,1-6H3,(H,35,38). The number of hydrogen-bond donors (Lipinski definition) is 1. The Kier molecular flexibility index (Phi) is 12.5. The summed E-state index contributed by atoms with van der Waals surface area (Å²) in [6.07, 6.45) is 12.0. The topological polar surface area (TPSA) is 134 Å². The lowest BCUT2D eigenvalue weighted by molar-refractivity contribution is -0.394. The fourth-order valence-electron chi connectivity index (χ4n) is 5.92. The first-order valence-electron chi connectivity index (χ1n) is 16.0. The number of ether oxygens (including phenoxy) is 2. The maximum atomic E-state index is 12.6. The molecule has 1 aliphatic rings. The Morgan fingerprint density at radius 3 is 2.05 bits per heavy atom. The van der Waals surface area contributed by atoms with Gasteiger partial charge in [-0.15, -0.1) is 0 Å². The smallest absolute Gasteiger partial charge is 0.417 e. The number of aryl methyl sites for hydroxylation is 2. The number of fused-ring (bicyclic) bond motifs is 1. The fourth-order valence-corrected chi connectivity index (χ4v) is 5.92. The molecule has 0 bridgehead atoms. The number of carbonyl (C=O) groups is 1. The third-order valence-electron chi connectivity index (χ3n) is 8.69.